The van der Waals surface area contributed by atoms with Gasteiger partial charge in [-0.3, -0.25) is 4.79 Å². The van der Waals surface area contributed by atoms with Gasteiger partial charge in [0.15, 0.2) is 5.69 Å². The molecule has 0 unspecified atom stereocenters. The molecule has 2 aromatic rings. The highest BCUT2D eigenvalue weighted by Crippen LogP contribution is 2.29. The van der Waals surface area contributed by atoms with Gasteiger partial charge in [-0.15, -0.1) is 0 Å². The topological polar surface area (TPSA) is 84.3 Å². The maximum absolute atomic E-state index is 13.2. The monoisotopic (exact) mass is 416 g/mol. The zero-order valence-corrected chi connectivity index (χ0v) is 17.6. The Balaban J connectivity index is 1.48. The normalized spacial score (nSPS) is 17.5. The van der Waals surface area contributed by atoms with Crippen molar-refractivity contribution in [1.29, 1.82) is 0 Å². The molecule has 1 saturated heterocycles. The van der Waals surface area contributed by atoms with Crippen molar-refractivity contribution < 1.29 is 13.2 Å². The number of amides is 1. The lowest BCUT2D eigenvalue weighted by Crippen LogP contribution is -2.47. The van der Waals surface area contributed by atoms with E-state index in [2.05, 4.69) is 4.72 Å². The standard InChI is InChI=1S/C21H28N4O3S/c1-2-15-29(27,28)23-16-11-13-24(14-12-16)21(26)20-18-9-6-10-19(18)25(22-20)17-7-4-3-5-8-17/h3-5,7-8,16,23H,2,6,9-15H2,1H3. The number of carbonyl (C=O) groups excluding carboxylic acids is 1. The average Bonchev–Trinajstić information content (AvgIpc) is 3.31. The van der Waals surface area contributed by atoms with Gasteiger partial charge in [-0.25, -0.2) is 17.8 Å². The van der Waals surface area contributed by atoms with Crippen LogP contribution in [-0.2, 0) is 22.9 Å². The van der Waals surface area contributed by atoms with E-state index in [0.717, 1.165) is 36.2 Å². The number of likely N-dealkylation sites (tertiary alicyclic amines) is 1. The number of nitrogens with zero attached hydrogens (tertiary/aromatic N) is 3. The molecular weight excluding hydrogens is 388 g/mol. The molecule has 1 N–H and O–H groups in total. The van der Waals surface area contributed by atoms with E-state index in [1.165, 1.54) is 0 Å². The minimum atomic E-state index is -3.23. The minimum Gasteiger partial charge on any atom is -0.337 e. The number of hydrogen-bond acceptors (Lipinski definition) is 4. The fourth-order valence-electron chi connectivity index (χ4n) is 4.32. The number of piperidine rings is 1. The number of rotatable bonds is 6. The summed E-state index contributed by atoms with van der Waals surface area (Å²) in [5.41, 5.74) is 3.76. The summed E-state index contributed by atoms with van der Waals surface area (Å²) in [6.07, 6.45) is 4.73. The summed E-state index contributed by atoms with van der Waals surface area (Å²) in [5, 5.41) is 4.69. The lowest BCUT2D eigenvalue weighted by Gasteiger charge is -2.32. The van der Waals surface area contributed by atoms with Gasteiger partial charge in [-0.2, -0.15) is 5.10 Å². The van der Waals surface area contributed by atoms with Gasteiger partial charge in [0.05, 0.1) is 11.4 Å². The second-order valence-electron chi connectivity index (χ2n) is 7.88. The number of carbonyl (C=O) groups is 1. The molecule has 2 aliphatic rings. The molecular formula is C21H28N4O3S. The van der Waals surface area contributed by atoms with Crippen LogP contribution < -0.4 is 4.72 Å². The summed E-state index contributed by atoms with van der Waals surface area (Å²) in [7, 11) is -3.23. The van der Waals surface area contributed by atoms with Gasteiger partial charge in [-0.1, -0.05) is 25.1 Å². The van der Waals surface area contributed by atoms with E-state index >= 15 is 0 Å². The lowest BCUT2D eigenvalue weighted by molar-refractivity contribution is 0.0704. The number of hydrogen-bond donors (Lipinski definition) is 1. The molecule has 8 heteroatoms. The van der Waals surface area contributed by atoms with Crippen molar-refractivity contribution in [3.8, 4) is 5.69 Å². The van der Waals surface area contributed by atoms with Gasteiger partial charge in [0.1, 0.15) is 0 Å². The van der Waals surface area contributed by atoms with Crippen LogP contribution in [0.4, 0.5) is 0 Å². The van der Waals surface area contributed by atoms with Gasteiger partial charge in [-0.05, 0) is 50.7 Å². The first-order valence-electron chi connectivity index (χ1n) is 10.4. The highest BCUT2D eigenvalue weighted by atomic mass is 32.2. The molecule has 1 amide bonds. The molecule has 0 spiro atoms. The quantitative estimate of drug-likeness (QED) is 0.783. The third-order valence-electron chi connectivity index (χ3n) is 5.73. The van der Waals surface area contributed by atoms with Crippen LogP contribution in [0.15, 0.2) is 30.3 Å². The molecule has 156 valence electrons. The van der Waals surface area contributed by atoms with Crippen LogP contribution in [0.2, 0.25) is 0 Å². The fraction of sp³-hybridized carbons (Fsp3) is 0.524. The molecule has 1 fully saturated rings. The fourth-order valence-corrected chi connectivity index (χ4v) is 5.72. The van der Waals surface area contributed by atoms with Crippen molar-refractivity contribution in [1.82, 2.24) is 19.4 Å². The first kappa shape index (κ1) is 20.1. The second kappa shape index (κ2) is 8.28. The number of aromatic nitrogens is 2. The maximum atomic E-state index is 13.2. The number of para-hydroxylation sites is 1. The maximum Gasteiger partial charge on any atom is 0.274 e. The van der Waals surface area contributed by atoms with Gasteiger partial charge in [0.2, 0.25) is 10.0 Å². The Morgan fingerprint density at radius 1 is 1.17 bits per heavy atom. The van der Waals surface area contributed by atoms with E-state index in [1.54, 1.807) is 0 Å². The molecule has 7 nitrogen and oxygen atoms in total. The summed E-state index contributed by atoms with van der Waals surface area (Å²) in [4.78, 5) is 15.0. The van der Waals surface area contributed by atoms with Gasteiger partial charge < -0.3 is 4.90 Å². The average molecular weight is 417 g/mol. The smallest absolute Gasteiger partial charge is 0.274 e. The predicted molar refractivity (Wildman–Crippen MR) is 112 cm³/mol. The molecule has 1 aliphatic heterocycles. The number of fused-ring (bicyclic) bond motifs is 1. The van der Waals surface area contributed by atoms with Crippen LogP contribution in [0.25, 0.3) is 5.69 Å². The SMILES string of the molecule is CCCS(=O)(=O)NC1CCN(C(=O)c2nn(-c3ccccc3)c3c2CCC3)CC1. The zero-order valence-electron chi connectivity index (χ0n) is 16.8. The number of sulfonamides is 1. The summed E-state index contributed by atoms with van der Waals surface area (Å²) < 4.78 is 28.7. The molecule has 29 heavy (non-hydrogen) atoms. The van der Waals surface area contributed by atoms with Crippen LogP contribution in [0, 0.1) is 0 Å². The van der Waals surface area contributed by atoms with Gasteiger partial charge in [0, 0.05) is 30.4 Å². The Labute approximate surface area is 172 Å². The van der Waals surface area contributed by atoms with E-state index in [9.17, 15) is 13.2 Å². The molecule has 2 heterocycles. The van der Waals surface area contributed by atoms with E-state index < -0.39 is 10.0 Å². The van der Waals surface area contributed by atoms with Crippen LogP contribution in [0.5, 0.6) is 0 Å². The number of nitrogens with one attached hydrogen (secondary N) is 1. The van der Waals surface area contributed by atoms with Crippen molar-refractivity contribution in [3.63, 3.8) is 0 Å². The number of benzene rings is 1. The summed E-state index contributed by atoms with van der Waals surface area (Å²) in [6.45, 7) is 2.95. The molecule has 1 aromatic heterocycles. The third kappa shape index (κ3) is 4.23. The Bertz CT molecular complexity index is 977. The van der Waals surface area contributed by atoms with E-state index in [0.29, 0.717) is 38.0 Å². The van der Waals surface area contributed by atoms with Gasteiger partial charge in [0.25, 0.3) is 5.91 Å². The Morgan fingerprint density at radius 2 is 1.90 bits per heavy atom. The summed E-state index contributed by atoms with van der Waals surface area (Å²) >= 11 is 0. The molecule has 4 rings (SSSR count). The van der Waals surface area contributed by atoms with E-state index in [4.69, 9.17) is 5.10 Å². The highest BCUT2D eigenvalue weighted by Gasteiger charge is 2.32. The summed E-state index contributed by atoms with van der Waals surface area (Å²) in [6, 6.07) is 9.84. The van der Waals surface area contributed by atoms with Gasteiger partial charge >= 0.3 is 0 Å². The minimum absolute atomic E-state index is 0.0345. The molecule has 1 aromatic carbocycles. The molecule has 0 bridgehead atoms. The first-order chi connectivity index (χ1) is 14.0. The largest absolute Gasteiger partial charge is 0.337 e. The molecule has 0 radical (unpaired) electrons. The van der Waals surface area contributed by atoms with Crippen LogP contribution in [0.1, 0.15) is 54.4 Å². The van der Waals surface area contributed by atoms with E-state index in [-0.39, 0.29) is 17.7 Å². The second-order valence-corrected chi connectivity index (χ2v) is 9.75. The van der Waals surface area contributed by atoms with Crippen LogP contribution >= 0.6 is 0 Å². The van der Waals surface area contributed by atoms with Crippen molar-refractivity contribution in [2.75, 3.05) is 18.8 Å². The Morgan fingerprint density at radius 3 is 2.59 bits per heavy atom. The Hall–Kier alpha value is -2.19. The van der Waals surface area contributed by atoms with Crippen molar-refractivity contribution in [3.05, 3.63) is 47.3 Å². The summed E-state index contributed by atoms with van der Waals surface area (Å²) in [5.74, 6) is 0.113. The van der Waals surface area contributed by atoms with Crippen LogP contribution in [-0.4, -0.2) is 53.9 Å². The third-order valence-corrected chi connectivity index (χ3v) is 7.37. The molecule has 1 aliphatic carbocycles. The lowest BCUT2D eigenvalue weighted by atomic mass is 10.1. The predicted octanol–water partition coefficient (Wildman–Crippen LogP) is 2.29. The molecule has 0 atom stereocenters. The van der Waals surface area contributed by atoms with Crippen LogP contribution in [0.3, 0.4) is 0 Å². The molecule has 0 saturated carbocycles. The Kier molecular flexibility index (Phi) is 5.74. The zero-order chi connectivity index (χ0) is 20.4. The highest BCUT2D eigenvalue weighted by molar-refractivity contribution is 7.89. The van der Waals surface area contributed by atoms with Crippen molar-refractivity contribution in [2.45, 2.75) is 51.5 Å². The first-order valence-corrected chi connectivity index (χ1v) is 12.1. The van der Waals surface area contributed by atoms with E-state index in [1.807, 2.05) is 46.8 Å². The van der Waals surface area contributed by atoms with Crippen molar-refractivity contribution >= 4 is 15.9 Å². The van der Waals surface area contributed by atoms with Crippen molar-refractivity contribution in [2.24, 2.45) is 0 Å².